The molecule has 0 radical (unpaired) electrons. The van der Waals surface area contributed by atoms with Crippen molar-refractivity contribution in [1.82, 2.24) is 10.2 Å². The van der Waals surface area contributed by atoms with Gasteiger partial charge in [-0.2, -0.15) is 0 Å². The molecule has 0 spiro atoms. The summed E-state index contributed by atoms with van der Waals surface area (Å²) < 4.78 is 29.4. The second-order valence-corrected chi connectivity index (χ2v) is 14.4. The Morgan fingerprint density at radius 1 is 0.826 bits per heavy atom. The standard InChI is InChI=1S/C35H36Cl3N3O4S/c1-24(2)21-39-35(43)33(20-26-11-6-4-7-12-26)40(22-29-30(37)15-10-16-31(29)38)34(42)23-41(32-18-17-27(36)19-25(32)3)46(44,45)28-13-8-5-9-14-28/h4-19,24,33H,20-23H2,1-3H3,(H,39,43)/t33-/m1/s1. The quantitative estimate of drug-likeness (QED) is 0.156. The monoisotopic (exact) mass is 699 g/mol. The number of amides is 2. The molecule has 1 N–H and O–H groups in total. The summed E-state index contributed by atoms with van der Waals surface area (Å²) in [6, 6.07) is 25.9. The van der Waals surface area contributed by atoms with Gasteiger partial charge in [-0.3, -0.25) is 13.9 Å². The third-order valence-corrected chi connectivity index (χ3v) is 10.1. The second kappa shape index (κ2) is 15.8. The molecular formula is C35H36Cl3N3O4S. The Hall–Kier alpha value is -3.56. The van der Waals surface area contributed by atoms with Crippen molar-refractivity contribution in [1.29, 1.82) is 0 Å². The number of rotatable bonds is 13. The summed E-state index contributed by atoms with van der Waals surface area (Å²) in [7, 11) is -4.24. The van der Waals surface area contributed by atoms with Gasteiger partial charge in [-0.25, -0.2) is 8.42 Å². The van der Waals surface area contributed by atoms with Crippen molar-refractivity contribution < 1.29 is 18.0 Å². The molecule has 1 atom stereocenters. The summed E-state index contributed by atoms with van der Waals surface area (Å²) in [5.74, 6) is -0.845. The van der Waals surface area contributed by atoms with Crippen LogP contribution >= 0.6 is 34.8 Å². The fraction of sp³-hybridized carbons (Fsp3) is 0.257. The summed E-state index contributed by atoms with van der Waals surface area (Å²) in [4.78, 5) is 29.9. The van der Waals surface area contributed by atoms with Gasteiger partial charge >= 0.3 is 0 Å². The molecule has 0 saturated heterocycles. The van der Waals surface area contributed by atoms with E-state index in [1.807, 2.05) is 44.2 Å². The zero-order valence-electron chi connectivity index (χ0n) is 25.8. The summed E-state index contributed by atoms with van der Waals surface area (Å²) in [5, 5.41) is 4.01. The van der Waals surface area contributed by atoms with Gasteiger partial charge in [-0.05, 0) is 66.4 Å². The Labute approximate surface area is 286 Å². The highest BCUT2D eigenvalue weighted by molar-refractivity contribution is 7.92. The Balaban J connectivity index is 1.85. The molecule has 0 bridgehead atoms. The Bertz CT molecular complexity index is 1750. The minimum Gasteiger partial charge on any atom is -0.354 e. The summed E-state index contributed by atoms with van der Waals surface area (Å²) in [6.45, 7) is 5.31. The number of nitrogens with zero attached hydrogens (tertiary/aromatic N) is 2. The first-order valence-corrected chi connectivity index (χ1v) is 17.3. The number of carbonyl (C=O) groups is 2. The first kappa shape index (κ1) is 35.3. The van der Waals surface area contributed by atoms with Crippen LogP contribution in [0.2, 0.25) is 15.1 Å². The number of aryl methyl sites for hydroxylation is 1. The molecular weight excluding hydrogens is 665 g/mol. The number of nitrogens with one attached hydrogen (secondary N) is 1. The lowest BCUT2D eigenvalue weighted by atomic mass is 10.0. The number of hydrogen-bond acceptors (Lipinski definition) is 4. The fourth-order valence-electron chi connectivity index (χ4n) is 4.96. The minimum atomic E-state index is -4.24. The van der Waals surface area contributed by atoms with Crippen LogP contribution < -0.4 is 9.62 Å². The van der Waals surface area contributed by atoms with Crippen LogP contribution in [0.3, 0.4) is 0 Å². The molecule has 0 aliphatic heterocycles. The third kappa shape index (κ3) is 8.82. The largest absolute Gasteiger partial charge is 0.354 e. The van der Waals surface area contributed by atoms with Gasteiger partial charge in [0.2, 0.25) is 11.8 Å². The van der Waals surface area contributed by atoms with E-state index in [4.69, 9.17) is 34.8 Å². The smallest absolute Gasteiger partial charge is 0.264 e. The van der Waals surface area contributed by atoms with Crippen LogP contribution in [0.15, 0.2) is 102 Å². The van der Waals surface area contributed by atoms with Crippen molar-refractivity contribution in [2.24, 2.45) is 5.92 Å². The molecule has 0 saturated carbocycles. The third-order valence-electron chi connectivity index (χ3n) is 7.38. The molecule has 0 fully saturated rings. The maximum Gasteiger partial charge on any atom is 0.264 e. The van der Waals surface area contributed by atoms with Crippen molar-refractivity contribution in [3.63, 3.8) is 0 Å². The van der Waals surface area contributed by atoms with Crippen LogP contribution in [0.5, 0.6) is 0 Å². The number of carbonyl (C=O) groups excluding carboxylic acids is 2. The molecule has 7 nitrogen and oxygen atoms in total. The summed E-state index contributed by atoms with van der Waals surface area (Å²) >= 11 is 19.4. The van der Waals surface area contributed by atoms with Crippen molar-refractivity contribution in [2.45, 2.75) is 44.7 Å². The van der Waals surface area contributed by atoms with E-state index in [1.54, 1.807) is 61.5 Å². The Morgan fingerprint density at radius 2 is 1.43 bits per heavy atom. The number of anilines is 1. The SMILES string of the molecule is Cc1cc(Cl)ccc1N(CC(=O)N(Cc1c(Cl)cccc1Cl)[C@H](Cc1ccccc1)C(=O)NCC(C)C)S(=O)(=O)c1ccccc1. The van der Waals surface area contributed by atoms with E-state index in [2.05, 4.69) is 5.32 Å². The molecule has 11 heteroatoms. The van der Waals surface area contributed by atoms with E-state index < -0.39 is 28.5 Å². The average molecular weight is 701 g/mol. The molecule has 4 rings (SSSR count). The van der Waals surface area contributed by atoms with Crippen molar-refractivity contribution in [3.05, 3.63) is 129 Å². The first-order chi connectivity index (χ1) is 21.9. The molecule has 0 aromatic heterocycles. The van der Waals surface area contributed by atoms with Crippen LogP contribution in [0.1, 0.15) is 30.5 Å². The highest BCUT2D eigenvalue weighted by atomic mass is 35.5. The number of hydrogen-bond donors (Lipinski definition) is 1. The van der Waals surface area contributed by atoms with Crippen molar-refractivity contribution in [3.8, 4) is 0 Å². The van der Waals surface area contributed by atoms with E-state index in [-0.39, 0.29) is 35.4 Å². The topological polar surface area (TPSA) is 86.8 Å². The van der Waals surface area contributed by atoms with Gasteiger partial charge in [0, 0.05) is 40.1 Å². The van der Waals surface area contributed by atoms with E-state index in [9.17, 15) is 18.0 Å². The van der Waals surface area contributed by atoms with Gasteiger partial charge in [0.15, 0.2) is 0 Å². The first-order valence-electron chi connectivity index (χ1n) is 14.8. The number of benzene rings is 4. The highest BCUT2D eigenvalue weighted by Gasteiger charge is 2.35. The van der Waals surface area contributed by atoms with E-state index in [1.165, 1.54) is 17.0 Å². The van der Waals surface area contributed by atoms with Crippen LogP contribution in [0, 0.1) is 12.8 Å². The fourth-order valence-corrected chi connectivity index (χ4v) is 7.21. The lowest BCUT2D eigenvalue weighted by Crippen LogP contribution is -2.54. The normalized spacial score (nSPS) is 12.1. The average Bonchev–Trinajstić information content (AvgIpc) is 3.02. The van der Waals surface area contributed by atoms with Crippen LogP contribution in [-0.2, 0) is 32.6 Å². The van der Waals surface area contributed by atoms with Crippen LogP contribution in [0.25, 0.3) is 0 Å². The lowest BCUT2D eigenvalue weighted by molar-refractivity contribution is -0.140. The molecule has 0 unspecified atom stereocenters. The Morgan fingerprint density at radius 3 is 2.02 bits per heavy atom. The number of halogens is 3. The predicted molar refractivity (Wildman–Crippen MR) is 186 cm³/mol. The Kier molecular flexibility index (Phi) is 12.1. The molecule has 2 amide bonds. The maximum atomic E-state index is 14.6. The predicted octanol–water partition coefficient (Wildman–Crippen LogP) is 7.56. The molecule has 4 aromatic carbocycles. The maximum absolute atomic E-state index is 14.6. The molecule has 0 aliphatic rings. The highest BCUT2D eigenvalue weighted by Crippen LogP contribution is 2.31. The molecule has 0 aliphatic carbocycles. The molecule has 46 heavy (non-hydrogen) atoms. The van der Waals surface area contributed by atoms with Gasteiger partial charge < -0.3 is 10.2 Å². The zero-order valence-corrected chi connectivity index (χ0v) is 28.9. The van der Waals surface area contributed by atoms with E-state index in [0.717, 1.165) is 9.87 Å². The number of sulfonamides is 1. The minimum absolute atomic E-state index is 0.00774. The van der Waals surface area contributed by atoms with Gasteiger partial charge in [0.25, 0.3) is 10.0 Å². The van der Waals surface area contributed by atoms with Gasteiger partial charge in [0.1, 0.15) is 12.6 Å². The molecule has 4 aromatic rings. The van der Waals surface area contributed by atoms with Gasteiger partial charge in [0.05, 0.1) is 10.6 Å². The summed E-state index contributed by atoms with van der Waals surface area (Å²) in [5.41, 5.74) is 2.09. The van der Waals surface area contributed by atoms with Gasteiger partial charge in [-0.15, -0.1) is 0 Å². The van der Waals surface area contributed by atoms with Gasteiger partial charge in [-0.1, -0.05) is 103 Å². The van der Waals surface area contributed by atoms with E-state index >= 15 is 0 Å². The summed E-state index contributed by atoms with van der Waals surface area (Å²) in [6.07, 6.45) is 0.171. The van der Waals surface area contributed by atoms with Crippen molar-refractivity contribution >= 4 is 62.3 Å². The molecule has 242 valence electrons. The zero-order chi connectivity index (χ0) is 33.4. The second-order valence-electron chi connectivity index (χ2n) is 11.3. The van der Waals surface area contributed by atoms with Crippen LogP contribution in [0.4, 0.5) is 5.69 Å². The van der Waals surface area contributed by atoms with Crippen molar-refractivity contribution in [2.75, 3.05) is 17.4 Å². The van der Waals surface area contributed by atoms with Crippen LogP contribution in [-0.4, -0.2) is 44.3 Å². The lowest BCUT2D eigenvalue weighted by Gasteiger charge is -2.34. The van der Waals surface area contributed by atoms with E-state index in [0.29, 0.717) is 32.7 Å². The molecule has 0 heterocycles.